The summed E-state index contributed by atoms with van der Waals surface area (Å²) < 4.78 is 18.8. The van der Waals surface area contributed by atoms with Crippen LogP contribution in [0.3, 0.4) is 0 Å². The van der Waals surface area contributed by atoms with Crippen molar-refractivity contribution < 1.29 is 9.13 Å². The molecule has 110 valence electrons. The topological polar surface area (TPSA) is 48.1 Å². The van der Waals surface area contributed by atoms with Crippen molar-refractivity contribution in [3.8, 4) is 11.6 Å². The number of aromatic nitrogens is 1. The van der Waals surface area contributed by atoms with E-state index >= 15 is 0 Å². The molecule has 5 heteroatoms. The lowest BCUT2D eigenvalue weighted by molar-refractivity contribution is 0.450. The van der Waals surface area contributed by atoms with Crippen molar-refractivity contribution in [1.82, 2.24) is 4.98 Å². The zero-order valence-corrected chi connectivity index (χ0v) is 12.3. The van der Waals surface area contributed by atoms with Crippen LogP contribution in [-0.2, 0) is 19.4 Å². The number of hydrogen-bond acceptors (Lipinski definition) is 3. The summed E-state index contributed by atoms with van der Waals surface area (Å²) >= 11 is 5.99. The van der Waals surface area contributed by atoms with Crippen molar-refractivity contribution in [3.63, 3.8) is 0 Å². The van der Waals surface area contributed by atoms with E-state index in [1.165, 1.54) is 30.2 Å². The molecule has 0 amide bonds. The molecule has 0 saturated carbocycles. The molecule has 0 unspecified atom stereocenters. The van der Waals surface area contributed by atoms with Crippen LogP contribution in [0.2, 0.25) is 5.02 Å². The summed E-state index contributed by atoms with van der Waals surface area (Å²) in [6.45, 7) is 0.342. The second-order valence-corrected chi connectivity index (χ2v) is 5.55. The lowest BCUT2D eigenvalue weighted by atomic mass is 9.95. The maximum atomic E-state index is 13.1. The van der Waals surface area contributed by atoms with E-state index in [-0.39, 0.29) is 5.02 Å². The lowest BCUT2D eigenvalue weighted by Gasteiger charge is -2.18. The zero-order chi connectivity index (χ0) is 14.8. The van der Waals surface area contributed by atoms with Crippen LogP contribution in [0, 0.1) is 5.82 Å². The van der Waals surface area contributed by atoms with E-state index in [2.05, 4.69) is 11.1 Å². The molecule has 0 saturated heterocycles. The second kappa shape index (κ2) is 6.00. The van der Waals surface area contributed by atoms with Gasteiger partial charge in [0.15, 0.2) is 0 Å². The fourth-order valence-electron chi connectivity index (χ4n) is 2.56. The molecule has 1 aliphatic rings. The Balaban J connectivity index is 1.97. The van der Waals surface area contributed by atoms with Crippen molar-refractivity contribution >= 4 is 11.6 Å². The van der Waals surface area contributed by atoms with E-state index in [1.807, 2.05) is 0 Å². The lowest BCUT2D eigenvalue weighted by Crippen LogP contribution is -2.10. The molecule has 3 nitrogen and oxygen atoms in total. The molecule has 0 atom stereocenters. The monoisotopic (exact) mass is 306 g/mol. The third-order valence-corrected chi connectivity index (χ3v) is 3.96. The molecule has 0 spiro atoms. The third-order valence-electron chi connectivity index (χ3n) is 3.66. The Bertz CT molecular complexity index is 676. The van der Waals surface area contributed by atoms with Gasteiger partial charge in [-0.25, -0.2) is 9.37 Å². The fourth-order valence-corrected chi connectivity index (χ4v) is 2.76. The fraction of sp³-hybridized carbons (Fsp3) is 0.312. The van der Waals surface area contributed by atoms with Crippen molar-refractivity contribution in [2.24, 2.45) is 5.73 Å². The van der Waals surface area contributed by atoms with Crippen molar-refractivity contribution in [2.45, 2.75) is 32.2 Å². The van der Waals surface area contributed by atoms with Crippen LogP contribution >= 0.6 is 11.6 Å². The average molecular weight is 307 g/mol. The highest BCUT2D eigenvalue weighted by Gasteiger charge is 2.16. The van der Waals surface area contributed by atoms with Gasteiger partial charge in [0.1, 0.15) is 11.6 Å². The minimum absolute atomic E-state index is 0.220. The van der Waals surface area contributed by atoms with E-state index in [0.717, 1.165) is 30.5 Å². The van der Waals surface area contributed by atoms with Gasteiger partial charge in [0.25, 0.3) is 0 Å². The van der Waals surface area contributed by atoms with E-state index in [0.29, 0.717) is 18.2 Å². The van der Waals surface area contributed by atoms with Crippen LogP contribution in [0.1, 0.15) is 29.7 Å². The van der Waals surface area contributed by atoms with Gasteiger partial charge in [-0.15, -0.1) is 0 Å². The number of fused-ring (bicyclic) bond motifs is 1. The summed E-state index contributed by atoms with van der Waals surface area (Å²) in [6.07, 6.45) is 4.31. The molecule has 1 aromatic heterocycles. The molecule has 1 heterocycles. The Kier molecular flexibility index (Phi) is 4.08. The van der Waals surface area contributed by atoms with Crippen LogP contribution in [0.4, 0.5) is 4.39 Å². The van der Waals surface area contributed by atoms with Gasteiger partial charge in [-0.1, -0.05) is 11.6 Å². The number of aryl methyl sites for hydroxylation is 2. The van der Waals surface area contributed by atoms with Gasteiger partial charge in [0.2, 0.25) is 5.88 Å². The molecule has 0 bridgehead atoms. The Labute approximate surface area is 127 Å². The summed E-state index contributed by atoms with van der Waals surface area (Å²) in [6, 6.07) is 6.09. The minimum Gasteiger partial charge on any atom is -0.437 e. The highest BCUT2D eigenvalue weighted by Crippen LogP contribution is 2.32. The predicted molar refractivity (Wildman–Crippen MR) is 80.3 cm³/mol. The largest absolute Gasteiger partial charge is 0.437 e. The minimum atomic E-state index is -0.398. The molecular formula is C16H16ClFN2O. The van der Waals surface area contributed by atoms with Gasteiger partial charge in [0.05, 0.1) is 5.02 Å². The van der Waals surface area contributed by atoms with E-state index in [1.54, 1.807) is 0 Å². The highest BCUT2D eigenvalue weighted by molar-refractivity contribution is 6.32. The number of pyridine rings is 1. The maximum absolute atomic E-state index is 13.1. The molecule has 2 N–H and O–H groups in total. The first-order valence-electron chi connectivity index (χ1n) is 7.02. The second-order valence-electron chi connectivity index (χ2n) is 5.15. The number of ether oxygens (including phenoxy) is 1. The van der Waals surface area contributed by atoms with E-state index in [9.17, 15) is 4.39 Å². The maximum Gasteiger partial charge on any atom is 0.224 e. The standard InChI is InChI=1S/C16H16ClFN2O/c17-13-8-12(18)5-6-15(13)21-16-11(9-19)7-10-3-1-2-4-14(10)20-16/h5-8H,1-4,9,19H2. The quantitative estimate of drug-likeness (QED) is 0.932. The Hall–Kier alpha value is -1.65. The molecule has 1 aromatic carbocycles. The van der Waals surface area contributed by atoms with Gasteiger partial charge < -0.3 is 10.5 Å². The summed E-state index contributed by atoms with van der Waals surface area (Å²) in [5, 5.41) is 0.220. The van der Waals surface area contributed by atoms with Crippen molar-refractivity contribution in [1.29, 1.82) is 0 Å². The normalized spacial score (nSPS) is 13.9. The van der Waals surface area contributed by atoms with Crippen LogP contribution in [0.15, 0.2) is 24.3 Å². The van der Waals surface area contributed by atoms with Gasteiger partial charge in [-0.3, -0.25) is 0 Å². The van der Waals surface area contributed by atoms with E-state index < -0.39 is 5.82 Å². The van der Waals surface area contributed by atoms with Crippen LogP contribution < -0.4 is 10.5 Å². The molecule has 21 heavy (non-hydrogen) atoms. The number of rotatable bonds is 3. The van der Waals surface area contributed by atoms with Crippen LogP contribution in [-0.4, -0.2) is 4.98 Å². The summed E-state index contributed by atoms with van der Waals surface area (Å²) in [5.41, 5.74) is 8.94. The molecule has 0 fully saturated rings. The Morgan fingerprint density at radius 1 is 1.24 bits per heavy atom. The number of nitrogens with zero attached hydrogens (tertiary/aromatic N) is 1. The van der Waals surface area contributed by atoms with Gasteiger partial charge in [-0.2, -0.15) is 0 Å². The van der Waals surface area contributed by atoms with Crippen LogP contribution in [0.25, 0.3) is 0 Å². The van der Waals surface area contributed by atoms with Crippen LogP contribution in [0.5, 0.6) is 11.6 Å². The Morgan fingerprint density at radius 2 is 2.05 bits per heavy atom. The van der Waals surface area contributed by atoms with Gasteiger partial charge in [0, 0.05) is 17.8 Å². The molecule has 3 rings (SSSR count). The molecule has 0 aliphatic heterocycles. The van der Waals surface area contributed by atoms with Crippen molar-refractivity contribution in [2.75, 3.05) is 0 Å². The molecule has 2 aromatic rings. The molecule has 1 aliphatic carbocycles. The zero-order valence-electron chi connectivity index (χ0n) is 11.5. The third kappa shape index (κ3) is 3.01. The predicted octanol–water partition coefficient (Wildman–Crippen LogP) is 4.00. The first kappa shape index (κ1) is 14.3. The first-order chi connectivity index (χ1) is 10.2. The van der Waals surface area contributed by atoms with Gasteiger partial charge in [-0.05, 0) is 55.5 Å². The number of hydrogen-bond donors (Lipinski definition) is 1. The Morgan fingerprint density at radius 3 is 2.81 bits per heavy atom. The number of halogens is 2. The first-order valence-corrected chi connectivity index (χ1v) is 7.40. The molecular weight excluding hydrogens is 291 g/mol. The average Bonchev–Trinajstić information content (AvgIpc) is 2.49. The molecule has 0 radical (unpaired) electrons. The highest BCUT2D eigenvalue weighted by atomic mass is 35.5. The summed E-state index contributed by atoms with van der Waals surface area (Å²) in [7, 11) is 0. The smallest absolute Gasteiger partial charge is 0.224 e. The van der Waals surface area contributed by atoms with E-state index in [4.69, 9.17) is 22.1 Å². The number of nitrogens with two attached hydrogens (primary N) is 1. The summed E-state index contributed by atoms with van der Waals surface area (Å²) in [4.78, 5) is 4.59. The summed E-state index contributed by atoms with van der Waals surface area (Å²) in [5.74, 6) is 0.451. The number of benzene rings is 1. The SMILES string of the molecule is NCc1cc2c(nc1Oc1ccc(F)cc1Cl)CCCC2. The van der Waals surface area contributed by atoms with Gasteiger partial charge >= 0.3 is 0 Å². The van der Waals surface area contributed by atoms with Crippen molar-refractivity contribution in [3.05, 3.63) is 51.9 Å².